The Labute approximate surface area is 253 Å². The highest BCUT2D eigenvalue weighted by atomic mass is 16.3. The maximum atomic E-state index is 13.6. The molecule has 1 aromatic carbocycles. The smallest absolute Gasteiger partial charge is 0.254 e. The summed E-state index contributed by atoms with van der Waals surface area (Å²) in [7, 11) is 0. The molecule has 3 saturated carbocycles. The Balaban J connectivity index is 1.30. The molecule has 5 heteroatoms. The number of aliphatic hydroxyl groups excluding tert-OH is 2. The standard InChI is InChI=1S/C37H53NO4/c1-5-18-37(42)24-30(38(35(37)41)20-17-27-10-7-6-8-11-27)21-25(2)32-15-16-33-28(12-9-19-36(32,33)4)13-14-29-22-31(39)23-34(40)26(29)3/h6-8,10-11,13-14,25,30-34,39-40,42H,3,5,9,12,15-24H2,1-2,4H3/b28-13+,29-14-/t25-,30-,31-,32-,33+,34+,36-,37+/m1/s1. The lowest BCUT2D eigenvalue weighted by Crippen LogP contribution is -2.42. The van der Waals surface area contributed by atoms with Crippen LogP contribution in [0, 0.1) is 23.2 Å². The number of hydrogen-bond acceptors (Lipinski definition) is 4. The van der Waals surface area contributed by atoms with Crippen LogP contribution in [-0.4, -0.2) is 56.5 Å². The summed E-state index contributed by atoms with van der Waals surface area (Å²) in [5.74, 6) is 1.52. The van der Waals surface area contributed by atoms with Gasteiger partial charge in [-0.1, -0.05) is 81.8 Å². The van der Waals surface area contributed by atoms with Crippen molar-refractivity contribution in [2.24, 2.45) is 23.2 Å². The lowest BCUT2D eigenvalue weighted by molar-refractivity contribution is -0.144. The van der Waals surface area contributed by atoms with Crippen molar-refractivity contribution in [3.8, 4) is 0 Å². The summed E-state index contributed by atoms with van der Waals surface area (Å²) in [4.78, 5) is 15.6. The van der Waals surface area contributed by atoms with Crippen LogP contribution in [0.3, 0.4) is 0 Å². The number of allylic oxidation sites excluding steroid dienone is 3. The third-order valence-corrected chi connectivity index (χ3v) is 11.5. The third kappa shape index (κ3) is 6.21. The van der Waals surface area contributed by atoms with Crippen molar-refractivity contribution in [2.75, 3.05) is 6.54 Å². The zero-order valence-corrected chi connectivity index (χ0v) is 26.1. The summed E-state index contributed by atoms with van der Waals surface area (Å²) >= 11 is 0. The van der Waals surface area contributed by atoms with Gasteiger partial charge in [0.25, 0.3) is 5.91 Å². The molecule has 5 nitrogen and oxygen atoms in total. The average Bonchev–Trinajstić information content (AvgIpc) is 3.42. The number of aliphatic hydroxyl groups is 3. The van der Waals surface area contributed by atoms with Gasteiger partial charge in [0.2, 0.25) is 0 Å². The van der Waals surface area contributed by atoms with Gasteiger partial charge < -0.3 is 20.2 Å². The van der Waals surface area contributed by atoms with Gasteiger partial charge >= 0.3 is 0 Å². The number of fused-ring (bicyclic) bond motifs is 1. The number of nitrogens with zero attached hydrogens (tertiary/aromatic N) is 1. The van der Waals surface area contributed by atoms with Gasteiger partial charge in [0, 0.05) is 25.4 Å². The van der Waals surface area contributed by atoms with Crippen LogP contribution < -0.4 is 0 Å². The quantitative estimate of drug-likeness (QED) is 0.313. The maximum Gasteiger partial charge on any atom is 0.254 e. The molecule has 1 heterocycles. The Bertz CT molecular complexity index is 1190. The Morgan fingerprint density at radius 2 is 1.93 bits per heavy atom. The molecule has 0 aromatic heterocycles. The number of carbonyl (C=O) groups excluding carboxylic acids is 1. The Kier molecular flexibility index (Phi) is 9.51. The summed E-state index contributed by atoms with van der Waals surface area (Å²) in [5.41, 5.74) is 3.46. The first-order chi connectivity index (χ1) is 20.1. The first kappa shape index (κ1) is 31.2. The first-order valence-corrected chi connectivity index (χ1v) is 16.6. The van der Waals surface area contributed by atoms with Crippen LogP contribution in [0.15, 0.2) is 65.8 Å². The predicted octanol–water partition coefficient (Wildman–Crippen LogP) is 6.53. The zero-order chi connectivity index (χ0) is 30.1. The molecule has 0 bridgehead atoms. The molecule has 0 spiro atoms. The van der Waals surface area contributed by atoms with E-state index in [9.17, 15) is 20.1 Å². The summed E-state index contributed by atoms with van der Waals surface area (Å²) in [5, 5.41) is 31.9. The largest absolute Gasteiger partial charge is 0.393 e. The molecule has 42 heavy (non-hydrogen) atoms. The van der Waals surface area contributed by atoms with Gasteiger partial charge in [-0.25, -0.2) is 0 Å². The Hall–Kier alpha value is -2.21. The number of likely N-dealkylation sites (tertiary alicyclic amines) is 1. The van der Waals surface area contributed by atoms with E-state index in [-0.39, 0.29) is 17.4 Å². The van der Waals surface area contributed by atoms with Crippen LogP contribution in [0.2, 0.25) is 0 Å². The van der Waals surface area contributed by atoms with E-state index in [1.54, 1.807) is 0 Å². The number of benzene rings is 1. The van der Waals surface area contributed by atoms with Crippen LogP contribution in [0.5, 0.6) is 0 Å². The summed E-state index contributed by atoms with van der Waals surface area (Å²) in [6.45, 7) is 11.7. The van der Waals surface area contributed by atoms with Gasteiger partial charge in [-0.3, -0.25) is 4.79 Å². The number of amides is 1. The maximum absolute atomic E-state index is 13.6. The summed E-state index contributed by atoms with van der Waals surface area (Å²) < 4.78 is 0. The minimum absolute atomic E-state index is 0.0662. The molecule has 0 unspecified atom stereocenters. The van der Waals surface area contributed by atoms with Crippen molar-refractivity contribution in [3.05, 3.63) is 71.3 Å². The molecule has 1 aromatic rings. The lowest BCUT2D eigenvalue weighted by atomic mass is 9.60. The van der Waals surface area contributed by atoms with E-state index in [1.165, 1.54) is 36.8 Å². The van der Waals surface area contributed by atoms with Crippen molar-refractivity contribution < 1.29 is 20.1 Å². The van der Waals surface area contributed by atoms with Crippen molar-refractivity contribution in [1.29, 1.82) is 0 Å². The van der Waals surface area contributed by atoms with E-state index in [0.29, 0.717) is 50.0 Å². The molecule has 1 amide bonds. The molecule has 8 atom stereocenters. The Morgan fingerprint density at radius 1 is 1.17 bits per heavy atom. The van der Waals surface area contributed by atoms with Crippen LogP contribution in [0.1, 0.15) is 97.0 Å². The van der Waals surface area contributed by atoms with Crippen LogP contribution in [-0.2, 0) is 11.2 Å². The molecular formula is C37H53NO4. The number of hydrogen-bond donors (Lipinski definition) is 3. The molecule has 4 fully saturated rings. The monoisotopic (exact) mass is 575 g/mol. The van der Waals surface area contributed by atoms with E-state index in [0.717, 1.165) is 36.8 Å². The highest BCUT2D eigenvalue weighted by molar-refractivity contribution is 5.87. The minimum atomic E-state index is -1.23. The van der Waals surface area contributed by atoms with Gasteiger partial charge in [0.15, 0.2) is 0 Å². The summed E-state index contributed by atoms with van der Waals surface area (Å²) in [6, 6.07) is 10.4. The second kappa shape index (κ2) is 12.8. The molecule has 5 rings (SSSR count). The predicted molar refractivity (Wildman–Crippen MR) is 169 cm³/mol. The molecule has 4 aliphatic rings. The lowest BCUT2D eigenvalue weighted by Gasteiger charge is -2.45. The molecule has 3 aliphatic carbocycles. The molecule has 3 N–H and O–H groups in total. The van der Waals surface area contributed by atoms with E-state index < -0.39 is 17.8 Å². The zero-order valence-electron chi connectivity index (χ0n) is 26.1. The van der Waals surface area contributed by atoms with Crippen LogP contribution >= 0.6 is 0 Å². The molecule has 0 radical (unpaired) electrons. The molecular weight excluding hydrogens is 522 g/mol. The van der Waals surface area contributed by atoms with E-state index >= 15 is 0 Å². The van der Waals surface area contributed by atoms with Crippen molar-refractivity contribution in [3.63, 3.8) is 0 Å². The second-order valence-corrected chi connectivity index (χ2v) is 14.3. The van der Waals surface area contributed by atoms with Gasteiger partial charge in [-0.2, -0.15) is 0 Å². The van der Waals surface area contributed by atoms with E-state index in [1.807, 2.05) is 30.0 Å². The van der Waals surface area contributed by atoms with Crippen molar-refractivity contribution >= 4 is 5.91 Å². The topological polar surface area (TPSA) is 81.0 Å². The van der Waals surface area contributed by atoms with Crippen molar-refractivity contribution in [1.82, 2.24) is 4.90 Å². The van der Waals surface area contributed by atoms with Gasteiger partial charge in [-0.15, -0.1) is 0 Å². The van der Waals surface area contributed by atoms with Gasteiger partial charge in [-0.05, 0) is 97.7 Å². The third-order valence-electron chi connectivity index (χ3n) is 11.5. The van der Waals surface area contributed by atoms with Crippen LogP contribution in [0.25, 0.3) is 0 Å². The SMILES string of the molecule is C=C1/C(=C\C=C2/CCC[C@]3(C)[C@@H]([C@H](C)C[C@@H]4C[C@@](O)(CCC)C(=O)N4CCc4ccccc4)CC[C@@H]23)C[C@@H](O)C[C@@H]1O. The molecule has 230 valence electrons. The first-order valence-electron chi connectivity index (χ1n) is 16.6. The van der Waals surface area contributed by atoms with Crippen molar-refractivity contribution in [2.45, 2.75) is 122 Å². The minimum Gasteiger partial charge on any atom is -0.393 e. The summed E-state index contributed by atoms with van der Waals surface area (Å²) in [6.07, 6.45) is 13.7. The fourth-order valence-electron chi connectivity index (χ4n) is 9.30. The van der Waals surface area contributed by atoms with E-state index in [4.69, 9.17) is 0 Å². The molecule has 1 aliphatic heterocycles. The highest BCUT2D eigenvalue weighted by Crippen LogP contribution is 2.60. The number of rotatable bonds is 9. The Morgan fingerprint density at radius 3 is 2.67 bits per heavy atom. The fourth-order valence-corrected chi connectivity index (χ4v) is 9.30. The highest BCUT2D eigenvalue weighted by Gasteiger charge is 2.53. The fraction of sp³-hybridized carbons (Fsp3) is 0.649. The second-order valence-electron chi connectivity index (χ2n) is 14.3. The van der Waals surface area contributed by atoms with Crippen LogP contribution in [0.4, 0.5) is 0 Å². The molecule has 1 saturated heterocycles. The average molecular weight is 576 g/mol. The normalized spacial score (nSPS) is 38.0. The van der Waals surface area contributed by atoms with Gasteiger partial charge in [0.05, 0.1) is 12.2 Å². The van der Waals surface area contributed by atoms with Gasteiger partial charge in [0.1, 0.15) is 5.60 Å². The number of carbonyl (C=O) groups is 1. The van der Waals surface area contributed by atoms with E-state index in [2.05, 4.69) is 44.7 Å².